The van der Waals surface area contributed by atoms with Crippen molar-refractivity contribution in [3.8, 4) is 5.75 Å². The third-order valence-electron chi connectivity index (χ3n) is 6.94. The lowest BCUT2D eigenvalue weighted by molar-refractivity contribution is -0.144. The predicted molar refractivity (Wildman–Crippen MR) is 109 cm³/mol. The molecule has 0 saturated carbocycles. The van der Waals surface area contributed by atoms with Crippen LogP contribution in [-0.4, -0.2) is 65.6 Å². The van der Waals surface area contributed by atoms with Gasteiger partial charge in [0, 0.05) is 45.6 Å². The fourth-order valence-corrected chi connectivity index (χ4v) is 5.01. The molecule has 0 radical (unpaired) electrons. The van der Waals surface area contributed by atoms with Gasteiger partial charge in [-0.25, -0.2) is 0 Å². The Bertz CT molecular complexity index is 719. The molecule has 3 fully saturated rings. The summed E-state index contributed by atoms with van der Waals surface area (Å²) in [7, 11) is 0. The predicted octanol–water partition coefficient (Wildman–Crippen LogP) is 2.74. The molecule has 1 aromatic rings. The fourth-order valence-electron chi connectivity index (χ4n) is 5.01. The van der Waals surface area contributed by atoms with Crippen LogP contribution in [0, 0.1) is 5.41 Å². The lowest BCUT2D eigenvalue weighted by atomic mass is 9.72. The number of likely N-dealkylation sites (tertiary alicyclic amines) is 2. The molecule has 0 aromatic heterocycles. The molecular weight excluding hydrogens is 368 g/mol. The summed E-state index contributed by atoms with van der Waals surface area (Å²) in [5.74, 6) is 0.718. The second-order valence-corrected chi connectivity index (χ2v) is 8.96. The van der Waals surface area contributed by atoms with Gasteiger partial charge in [0.15, 0.2) is 0 Å². The molecule has 6 nitrogen and oxygen atoms in total. The molecule has 6 heteroatoms. The number of carbonyl (C=O) groups is 2. The van der Waals surface area contributed by atoms with Crippen LogP contribution in [0.15, 0.2) is 24.3 Å². The van der Waals surface area contributed by atoms with E-state index < -0.39 is 0 Å². The zero-order valence-corrected chi connectivity index (χ0v) is 17.1. The van der Waals surface area contributed by atoms with E-state index in [0.29, 0.717) is 19.3 Å². The summed E-state index contributed by atoms with van der Waals surface area (Å²) in [6, 6.07) is 7.07. The maximum absolute atomic E-state index is 12.7. The monoisotopic (exact) mass is 400 g/mol. The first-order chi connectivity index (χ1) is 14.0. The van der Waals surface area contributed by atoms with Crippen LogP contribution < -0.4 is 0 Å². The minimum absolute atomic E-state index is 0.167. The highest BCUT2D eigenvalue weighted by Gasteiger charge is 2.42. The van der Waals surface area contributed by atoms with Gasteiger partial charge in [-0.15, -0.1) is 0 Å². The second-order valence-electron chi connectivity index (χ2n) is 8.96. The number of hydrogen-bond acceptors (Lipinski definition) is 4. The molecule has 3 saturated heterocycles. The van der Waals surface area contributed by atoms with Crippen molar-refractivity contribution in [2.75, 3.05) is 32.8 Å². The average molecular weight is 401 g/mol. The molecule has 0 aliphatic carbocycles. The first-order valence-corrected chi connectivity index (χ1v) is 11.0. The summed E-state index contributed by atoms with van der Waals surface area (Å²) < 4.78 is 5.74. The number of piperidine rings is 2. The Balaban J connectivity index is 1.26. The SMILES string of the molecule is O=C(CCc1ccc(O)cc1)N1CCC2(CCC(=O)N(C[C@@H]3CCCO3)C2)CC1. The Morgan fingerprint density at radius 2 is 1.93 bits per heavy atom. The van der Waals surface area contributed by atoms with Gasteiger partial charge in [-0.1, -0.05) is 12.1 Å². The minimum Gasteiger partial charge on any atom is -0.508 e. The Hall–Kier alpha value is -2.08. The second kappa shape index (κ2) is 8.74. The molecule has 1 N–H and O–H groups in total. The number of rotatable bonds is 5. The maximum Gasteiger partial charge on any atom is 0.222 e. The van der Waals surface area contributed by atoms with Crippen molar-refractivity contribution in [3.05, 3.63) is 29.8 Å². The zero-order chi connectivity index (χ0) is 20.3. The summed E-state index contributed by atoms with van der Waals surface area (Å²) in [4.78, 5) is 29.1. The van der Waals surface area contributed by atoms with Crippen molar-refractivity contribution < 1.29 is 19.4 Å². The number of phenols is 1. The van der Waals surface area contributed by atoms with Gasteiger partial charge in [0.2, 0.25) is 11.8 Å². The number of aromatic hydroxyl groups is 1. The van der Waals surface area contributed by atoms with Crippen molar-refractivity contribution >= 4 is 11.8 Å². The largest absolute Gasteiger partial charge is 0.508 e. The summed E-state index contributed by atoms with van der Waals surface area (Å²) in [5.41, 5.74) is 1.24. The average Bonchev–Trinajstić information content (AvgIpc) is 3.24. The third kappa shape index (κ3) is 4.92. The van der Waals surface area contributed by atoms with Crippen LogP contribution >= 0.6 is 0 Å². The molecule has 1 atom stereocenters. The number of benzene rings is 1. The molecular formula is C23H32N2O4. The van der Waals surface area contributed by atoms with Crippen molar-refractivity contribution in [2.45, 2.75) is 57.5 Å². The third-order valence-corrected chi connectivity index (χ3v) is 6.94. The molecule has 4 rings (SSSR count). The molecule has 158 valence electrons. The number of hydrogen-bond donors (Lipinski definition) is 1. The van der Waals surface area contributed by atoms with Crippen LogP contribution in [0.1, 0.15) is 50.5 Å². The number of aryl methyl sites for hydroxylation is 1. The normalized spacial score (nSPS) is 24.3. The lowest BCUT2D eigenvalue weighted by Gasteiger charge is -2.47. The Morgan fingerprint density at radius 3 is 2.62 bits per heavy atom. The van der Waals surface area contributed by atoms with E-state index in [9.17, 15) is 14.7 Å². The molecule has 0 bridgehead atoms. The zero-order valence-electron chi connectivity index (χ0n) is 17.1. The highest BCUT2D eigenvalue weighted by Crippen LogP contribution is 2.40. The summed E-state index contributed by atoms with van der Waals surface area (Å²) in [6.07, 6.45) is 7.09. The topological polar surface area (TPSA) is 70.1 Å². The van der Waals surface area contributed by atoms with Gasteiger partial charge in [-0.3, -0.25) is 9.59 Å². The molecule has 2 amide bonds. The smallest absolute Gasteiger partial charge is 0.222 e. The van der Waals surface area contributed by atoms with Gasteiger partial charge < -0.3 is 19.6 Å². The summed E-state index contributed by atoms with van der Waals surface area (Å²) in [6.45, 7) is 3.95. The highest BCUT2D eigenvalue weighted by molar-refractivity contribution is 5.78. The Morgan fingerprint density at radius 1 is 1.17 bits per heavy atom. The van der Waals surface area contributed by atoms with E-state index in [1.807, 2.05) is 21.9 Å². The van der Waals surface area contributed by atoms with E-state index in [1.165, 1.54) is 0 Å². The summed E-state index contributed by atoms with van der Waals surface area (Å²) in [5, 5.41) is 9.37. The number of nitrogens with zero attached hydrogens (tertiary/aromatic N) is 2. The number of ether oxygens (including phenoxy) is 1. The van der Waals surface area contributed by atoms with Crippen LogP contribution in [0.25, 0.3) is 0 Å². The molecule has 0 unspecified atom stereocenters. The van der Waals surface area contributed by atoms with Gasteiger partial charge in [0.25, 0.3) is 0 Å². The minimum atomic E-state index is 0.167. The van der Waals surface area contributed by atoms with Crippen LogP contribution in [-0.2, 0) is 20.7 Å². The maximum atomic E-state index is 12.7. The molecule has 3 heterocycles. The van der Waals surface area contributed by atoms with Crippen molar-refractivity contribution in [1.29, 1.82) is 0 Å². The van der Waals surface area contributed by atoms with Crippen molar-refractivity contribution in [3.63, 3.8) is 0 Å². The van der Waals surface area contributed by atoms with Crippen molar-refractivity contribution in [1.82, 2.24) is 9.80 Å². The first kappa shape index (κ1) is 20.2. The van der Waals surface area contributed by atoms with E-state index in [0.717, 1.165) is 70.5 Å². The highest BCUT2D eigenvalue weighted by atomic mass is 16.5. The van der Waals surface area contributed by atoms with Crippen molar-refractivity contribution in [2.24, 2.45) is 5.41 Å². The lowest BCUT2D eigenvalue weighted by Crippen LogP contribution is -2.53. The fraction of sp³-hybridized carbons (Fsp3) is 0.652. The van der Waals surface area contributed by atoms with E-state index in [-0.39, 0.29) is 29.1 Å². The quantitative estimate of drug-likeness (QED) is 0.825. The molecule has 1 aromatic carbocycles. The van der Waals surface area contributed by atoms with Gasteiger partial charge in [-0.05, 0) is 61.6 Å². The first-order valence-electron chi connectivity index (χ1n) is 11.0. The van der Waals surface area contributed by atoms with E-state index >= 15 is 0 Å². The molecule has 3 aliphatic rings. The van der Waals surface area contributed by atoms with Crippen LogP contribution in [0.2, 0.25) is 0 Å². The Kier molecular flexibility index (Phi) is 6.09. The number of carbonyl (C=O) groups excluding carboxylic acids is 2. The number of phenolic OH excluding ortho intramolecular Hbond substituents is 1. The van der Waals surface area contributed by atoms with Gasteiger partial charge in [0.1, 0.15) is 5.75 Å². The standard InChI is InChI=1S/C23H32N2O4/c26-19-6-3-18(4-7-19)5-8-21(27)24-13-11-23(12-14-24)10-9-22(28)25(17-23)16-20-2-1-15-29-20/h3-4,6-7,20,26H,1-2,5,8-17H2/t20-/m0/s1. The van der Waals surface area contributed by atoms with Gasteiger partial charge >= 0.3 is 0 Å². The van der Waals surface area contributed by atoms with Crippen LogP contribution in [0.4, 0.5) is 0 Å². The van der Waals surface area contributed by atoms with E-state index in [1.54, 1.807) is 12.1 Å². The molecule has 1 spiro atoms. The molecule has 3 aliphatic heterocycles. The molecule has 29 heavy (non-hydrogen) atoms. The van der Waals surface area contributed by atoms with Crippen LogP contribution in [0.5, 0.6) is 5.75 Å². The Labute approximate surface area is 172 Å². The summed E-state index contributed by atoms with van der Waals surface area (Å²) >= 11 is 0. The van der Waals surface area contributed by atoms with Crippen LogP contribution in [0.3, 0.4) is 0 Å². The number of amides is 2. The van der Waals surface area contributed by atoms with E-state index in [2.05, 4.69) is 0 Å². The van der Waals surface area contributed by atoms with Gasteiger partial charge in [0.05, 0.1) is 6.10 Å². The van der Waals surface area contributed by atoms with E-state index in [4.69, 9.17) is 4.74 Å². The van der Waals surface area contributed by atoms with Gasteiger partial charge in [-0.2, -0.15) is 0 Å².